The van der Waals surface area contributed by atoms with Gasteiger partial charge in [0.1, 0.15) is 5.82 Å². The Bertz CT molecular complexity index is 868. The standard InChI is InChI=1S/C24H30FN3O2/c1-24(30)12-14-28(16-19-11-13-26-15-20(19)25)21(17-7-3-2-4-8-17)22(24)27-23(29)18-9-5-6-10-18/h2-4,7-8,11,13,15,18,21-22,30H,5-6,9-10,12,14,16H2,1H3,(H,27,29)/t21-,22-,24+/m0/s1. The molecular weight excluding hydrogens is 381 g/mol. The molecule has 0 bridgehead atoms. The summed E-state index contributed by atoms with van der Waals surface area (Å²) in [6.07, 6.45) is 7.29. The number of amides is 1. The first-order chi connectivity index (χ1) is 14.5. The average molecular weight is 412 g/mol. The smallest absolute Gasteiger partial charge is 0.223 e. The summed E-state index contributed by atoms with van der Waals surface area (Å²) in [7, 11) is 0. The summed E-state index contributed by atoms with van der Waals surface area (Å²) in [5.41, 5.74) is 0.513. The fourth-order valence-electron chi connectivity index (χ4n) is 4.89. The number of halogens is 1. The van der Waals surface area contributed by atoms with Crippen molar-refractivity contribution in [3.63, 3.8) is 0 Å². The number of nitrogens with one attached hydrogen (secondary N) is 1. The second-order valence-electron chi connectivity index (χ2n) is 8.87. The molecule has 0 radical (unpaired) electrons. The third-order valence-corrected chi connectivity index (χ3v) is 6.68. The summed E-state index contributed by atoms with van der Waals surface area (Å²) < 4.78 is 14.3. The van der Waals surface area contributed by atoms with Crippen LogP contribution in [0.25, 0.3) is 0 Å². The van der Waals surface area contributed by atoms with Crippen molar-refractivity contribution in [2.75, 3.05) is 6.54 Å². The molecule has 3 atom stereocenters. The number of hydrogen-bond acceptors (Lipinski definition) is 4. The number of rotatable bonds is 5. The summed E-state index contributed by atoms with van der Waals surface area (Å²) >= 11 is 0. The summed E-state index contributed by atoms with van der Waals surface area (Å²) in [5, 5.41) is 14.5. The lowest BCUT2D eigenvalue weighted by Crippen LogP contribution is -2.62. The van der Waals surface area contributed by atoms with Crippen LogP contribution in [-0.2, 0) is 11.3 Å². The highest BCUT2D eigenvalue weighted by atomic mass is 19.1. The molecule has 160 valence electrons. The van der Waals surface area contributed by atoms with E-state index < -0.39 is 11.6 Å². The second-order valence-corrected chi connectivity index (χ2v) is 8.87. The van der Waals surface area contributed by atoms with Crippen LogP contribution in [0.15, 0.2) is 48.8 Å². The number of carbonyl (C=O) groups excluding carboxylic acids is 1. The molecule has 1 aromatic carbocycles. The number of pyridine rings is 1. The number of hydrogen-bond donors (Lipinski definition) is 2. The zero-order valence-corrected chi connectivity index (χ0v) is 17.4. The first kappa shape index (κ1) is 20.9. The van der Waals surface area contributed by atoms with Crippen LogP contribution in [0, 0.1) is 11.7 Å². The van der Waals surface area contributed by atoms with Crippen LogP contribution in [0.4, 0.5) is 4.39 Å². The van der Waals surface area contributed by atoms with Gasteiger partial charge in [0.2, 0.25) is 5.91 Å². The number of likely N-dealkylation sites (tertiary alicyclic amines) is 1. The van der Waals surface area contributed by atoms with Crippen LogP contribution in [-0.4, -0.2) is 39.1 Å². The summed E-state index contributed by atoms with van der Waals surface area (Å²) in [6, 6.07) is 10.8. The molecule has 1 amide bonds. The maximum absolute atomic E-state index is 14.3. The van der Waals surface area contributed by atoms with Gasteiger partial charge in [-0.1, -0.05) is 43.2 Å². The Kier molecular flexibility index (Phi) is 6.16. The summed E-state index contributed by atoms with van der Waals surface area (Å²) in [4.78, 5) is 19.0. The van der Waals surface area contributed by atoms with Crippen molar-refractivity contribution < 1.29 is 14.3 Å². The van der Waals surface area contributed by atoms with Gasteiger partial charge in [-0.15, -0.1) is 0 Å². The van der Waals surface area contributed by atoms with Crippen molar-refractivity contribution in [2.24, 2.45) is 5.92 Å². The fraction of sp³-hybridized carbons (Fsp3) is 0.500. The Hall–Kier alpha value is -2.31. The van der Waals surface area contributed by atoms with Gasteiger partial charge < -0.3 is 10.4 Å². The molecule has 2 N–H and O–H groups in total. The zero-order valence-electron chi connectivity index (χ0n) is 17.4. The van der Waals surface area contributed by atoms with E-state index in [0.29, 0.717) is 25.1 Å². The number of nitrogens with zero attached hydrogens (tertiary/aromatic N) is 2. The maximum Gasteiger partial charge on any atom is 0.223 e. The van der Waals surface area contributed by atoms with Crippen molar-refractivity contribution in [3.05, 3.63) is 65.7 Å². The molecule has 1 aliphatic heterocycles. The first-order valence-corrected chi connectivity index (χ1v) is 10.9. The minimum Gasteiger partial charge on any atom is -0.388 e. The number of aliphatic hydroxyl groups is 1. The van der Waals surface area contributed by atoms with Crippen molar-refractivity contribution >= 4 is 5.91 Å². The normalized spacial score (nSPS) is 27.8. The van der Waals surface area contributed by atoms with E-state index >= 15 is 0 Å². The number of piperidine rings is 1. The van der Waals surface area contributed by atoms with Crippen LogP contribution in [0.5, 0.6) is 0 Å². The van der Waals surface area contributed by atoms with E-state index in [9.17, 15) is 14.3 Å². The molecule has 2 heterocycles. The summed E-state index contributed by atoms with van der Waals surface area (Å²) in [5.74, 6) is -0.297. The van der Waals surface area contributed by atoms with Gasteiger partial charge in [0.15, 0.2) is 0 Å². The monoisotopic (exact) mass is 411 g/mol. The molecule has 1 aliphatic carbocycles. The van der Waals surface area contributed by atoms with Crippen molar-refractivity contribution in [1.29, 1.82) is 0 Å². The lowest BCUT2D eigenvalue weighted by atomic mass is 9.79. The molecule has 2 aromatic rings. The van der Waals surface area contributed by atoms with E-state index in [1.165, 1.54) is 6.20 Å². The van der Waals surface area contributed by atoms with Gasteiger partial charge >= 0.3 is 0 Å². The highest BCUT2D eigenvalue weighted by Gasteiger charge is 2.46. The van der Waals surface area contributed by atoms with Crippen LogP contribution in [0.2, 0.25) is 0 Å². The minimum absolute atomic E-state index is 0.0187. The van der Waals surface area contributed by atoms with Gasteiger partial charge in [-0.2, -0.15) is 0 Å². The third-order valence-electron chi connectivity index (χ3n) is 6.68. The molecule has 1 saturated heterocycles. The van der Waals surface area contributed by atoms with Gasteiger partial charge in [-0.3, -0.25) is 14.7 Å². The van der Waals surface area contributed by atoms with E-state index in [4.69, 9.17) is 0 Å². The van der Waals surface area contributed by atoms with Gasteiger partial charge in [0.25, 0.3) is 0 Å². The highest BCUT2D eigenvalue weighted by molar-refractivity contribution is 5.79. The fourth-order valence-corrected chi connectivity index (χ4v) is 4.89. The van der Waals surface area contributed by atoms with Gasteiger partial charge in [-0.05, 0) is 37.8 Å². The Morgan fingerprint density at radius 1 is 1.27 bits per heavy atom. The average Bonchev–Trinajstić information content (AvgIpc) is 3.28. The van der Waals surface area contributed by atoms with Gasteiger partial charge in [-0.25, -0.2) is 4.39 Å². The van der Waals surface area contributed by atoms with Crippen molar-refractivity contribution in [2.45, 2.75) is 63.3 Å². The van der Waals surface area contributed by atoms with Crippen LogP contribution < -0.4 is 5.32 Å². The SMILES string of the molecule is C[C@@]1(O)CCN(Cc2ccncc2F)[C@@H](c2ccccc2)[C@@H]1NC(=O)C1CCCC1. The van der Waals surface area contributed by atoms with E-state index in [2.05, 4.69) is 15.2 Å². The molecule has 0 unspecified atom stereocenters. The molecule has 4 rings (SSSR count). The Balaban J connectivity index is 1.66. The van der Waals surface area contributed by atoms with E-state index in [-0.39, 0.29) is 23.7 Å². The van der Waals surface area contributed by atoms with Crippen molar-refractivity contribution in [3.8, 4) is 0 Å². The van der Waals surface area contributed by atoms with Gasteiger partial charge in [0.05, 0.1) is 23.9 Å². The van der Waals surface area contributed by atoms with Crippen LogP contribution in [0.3, 0.4) is 0 Å². The quantitative estimate of drug-likeness (QED) is 0.789. The molecular formula is C24H30FN3O2. The molecule has 5 nitrogen and oxygen atoms in total. The second kappa shape index (κ2) is 8.82. The van der Waals surface area contributed by atoms with E-state index in [1.54, 1.807) is 19.2 Å². The molecule has 0 spiro atoms. The maximum atomic E-state index is 14.3. The molecule has 30 heavy (non-hydrogen) atoms. The Labute approximate surface area is 177 Å². The molecule has 1 aromatic heterocycles. The highest BCUT2D eigenvalue weighted by Crippen LogP contribution is 2.38. The van der Waals surface area contributed by atoms with Crippen LogP contribution in [0.1, 0.15) is 56.2 Å². The van der Waals surface area contributed by atoms with Crippen LogP contribution >= 0.6 is 0 Å². The Morgan fingerprint density at radius 2 is 2.00 bits per heavy atom. The Morgan fingerprint density at radius 3 is 2.70 bits per heavy atom. The molecule has 2 fully saturated rings. The summed E-state index contributed by atoms with van der Waals surface area (Å²) in [6.45, 7) is 2.79. The number of carbonyl (C=O) groups is 1. The molecule has 1 saturated carbocycles. The zero-order chi connectivity index (χ0) is 21.1. The lowest BCUT2D eigenvalue weighted by Gasteiger charge is -2.49. The number of aromatic nitrogens is 1. The first-order valence-electron chi connectivity index (χ1n) is 10.9. The minimum atomic E-state index is -1.05. The predicted octanol–water partition coefficient (Wildman–Crippen LogP) is 3.59. The molecule has 2 aliphatic rings. The van der Waals surface area contributed by atoms with Gasteiger partial charge in [0, 0.05) is 30.8 Å². The van der Waals surface area contributed by atoms with E-state index in [0.717, 1.165) is 31.2 Å². The topological polar surface area (TPSA) is 65.5 Å². The van der Waals surface area contributed by atoms with Crippen molar-refractivity contribution in [1.82, 2.24) is 15.2 Å². The lowest BCUT2D eigenvalue weighted by molar-refractivity contribution is -0.132. The molecule has 6 heteroatoms. The largest absolute Gasteiger partial charge is 0.388 e. The predicted molar refractivity (Wildman–Crippen MR) is 113 cm³/mol. The number of benzene rings is 1. The third kappa shape index (κ3) is 4.40. The van der Waals surface area contributed by atoms with E-state index in [1.807, 2.05) is 30.3 Å².